The maximum Gasteiger partial charge on any atom is 0.237 e. The standard InChI is InChI=1S/C16H26N4O2/c1-3-12(2)14(17)16(21)19-11-13-5-4-6-18-15(13)20-7-9-22-10-8-20/h4-6,12,14H,3,7-11,17H2,1-2H3,(H,19,21). The quantitative estimate of drug-likeness (QED) is 0.816. The molecule has 122 valence electrons. The lowest BCUT2D eigenvalue weighted by atomic mass is 9.99. The van der Waals surface area contributed by atoms with Crippen molar-refractivity contribution in [2.45, 2.75) is 32.9 Å². The summed E-state index contributed by atoms with van der Waals surface area (Å²) < 4.78 is 5.37. The number of carbonyl (C=O) groups is 1. The van der Waals surface area contributed by atoms with E-state index >= 15 is 0 Å². The molecule has 1 aromatic heterocycles. The van der Waals surface area contributed by atoms with E-state index in [0.717, 1.165) is 30.9 Å². The summed E-state index contributed by atoms with van der Waals surface area (Å²) in [6, 6.07) is 3.42. The molecule has 2 atom stereocenters. The number of nitrogens with zero attached hydrogens (tertiary/aromatic N) is 2. The molecule has 3 N–H and O–H groups in total. The molecule has 0 aliphatic carbocycles. The largest absolute Gasteiger partial charge is 0.378 e. The van der Waals surface area contributed by atoms with Crippen LogP contribution in [0, 0.1) is 5.92 Å². The van der Waals surface area contributed by atoms with Crippen LogP contribution in [0.3, 0.4) is 0 Å². The fraction of sp³-hybridized carbons (Fsp3) is 0.625. The van der Waals surface area contributed by atoms with Crippen molar-refractivity contribution < 1.29 is 9.53 Å². The summed E-state index contributed by atoms with van der Waals surface area (Å²) in [7, 11) is 0. The number of carbonyl (C=O) groups excluding carboxylic acids is 1. The molecule has 6 heteroatoms. The highest BCUT2D eigenvalue weighted by Crippen LogP contribution is 2.18. The molecule has 0 spiro atoms. The molecule has 1 amide bonds. The first kappa shape index (κ1) is 16.7. The van der Waals surface area contributed by atoms with E-state index in [1.807, 2.05) is 26.0 Å². The monoisotopic (exact) mass is 306 g/mol. The Morgan fingerprint density at radius 3 is 2.91 bits per heavy atom. The van der Waals surface area contributed by atoms with Gasteiger partial charge in [-0.05, 0) is 12.0 Å². The number of morpholine rings is 1. The Bertz CT molecular complexity index is 489. The molecule has 0 radical (unpaired) electrons. The van der Waals surface area contributed by atoms with Crippen LogP contribution in [-0.4, -0.2) is 43.2 Å². The van der Waals surface area contributed by atoms with Gasteiger partial charge in [0, 0.05) is 31.4 Å². The summed E-state index contributed by atoms with van der Waals surface area (Å²) in [5.41, 5.74) is 6.97. The Morgan fingerprint density at radius 2 is 2.23 bits per heavy atom. The summed E-state index contributed by atoms with van der Waals surface area (Å²) in [4.78, 5) is 18.8. The molecule has 2 heterocycles. The summed E-state index contributed by atoms with van der Waals surface area (Å²) in [6.45, 7) is 7.55. The SMILES string of the molecule is CCC(C)C(N)C(=O)NCc1cccnc1N1CCOCC1. The number of hydrogen-bond acceptors (Lipinski definition) is 5. The Hall–Kier alpha value is -1.66. The predicted octanol–water partition coefficient (Wildman–Crippen LogP) is 0.908. The number of nitrogens with two attached hydrogens (primary N) is 1. The van der Waals surface area contributed by atoms with E-state index in [-0.39, 0.29) is 11.8 Å². The number of pyridine rings is 1. The molecule has 0 aromatic carbocycles. The maximum atomic E-state index is 12.1. The second-order valence-electron chi connectivity index (χ2n) is 5.71. The van der Waals surface area contributed by atoms with E-state index in [1.165, 1.54) is 0 Å². The van der Waals surface area contributed by atoms with E-state index in [1.54, 1.807) is 6.20 Å². The van der Waals surface area contributed by atoms with Crippen LogP contribution in [0.5, 0.6) is 0 Å². The van der Waals surface area contributed by atoms with Crippen LogP contribution >= 0.6 is 0 Å². The summed E-state index contributed by atoms with van der Waals surface area (Å²) in [5, 5.41) is 2.93. The molecule has 0 bridgehead atoms. The minimum atomic E-state index is -0.464. The minimum Gasteiger partial charge on any atom is -0.378 e. The van der Waals surface area contributed by atoms with Gasteiger partial charge in [0.1, 0.15) is 5.82 Å². The average molecular weight is 306 g/mol. The van der Waals surface area contributed by atoms with Crippen LogP contribution in [0.2, 0.25) is 0 Å². The van der Waals surface area contributed by atoms with E-state index < -0.39 is 6.04 Å². The van der Waals surface area contributed by atoms with Crippen molar-refractivity contribution in [1.29, 1.82) is 0 Å². The number of rotatable bonds is 6. The Balaban J connectivity index is 1.99. The zero-order valence-electron chi connectivity index (χ0n) is 13.4. The van der Waals surface area contributed by atoms with Gasteiger partial charge in [-0.25, -0.2) is 4.98 Å². The fourth-order valence-corrected chi connectivity index (χ4v) is 2.44. The summed E-state index contributed by atoms with van der Waals surface area (Å²) >= 11 is 0. The van der Waals surface area contributed by atoms with Gasteiger partial charge in [-0.15, -0.1) is 0 Å². The van der Waals surface area contributed by atoms with Gasteiger partial charge in [-0.1, -0.05) is 26.3 Å². The van der Waals surface area contributed by atoms with Crippen LogP contribution in [0.15, 0.2) is 18.3 Å². The van der Waals surface area contributed by atoms with E-state index in [2.05, 4.69) is 15.2 Å². The van der Waals surface area contributed by atoms with Crippen LogP contribution in [-0.2, 0) is 16.1 Å². The van der Waals surface area contributed by atoms with Gasteiger partial charge in [0.25, 0.3) is 0 Å². The van der Waals surface area contributed by atoms with Gasteiger partial charge in [0.05, 0.1) is 19.3 Å². The van der Waals surface area contributed by atoms with Crippen molar-refractivity contribution >= 4 is 11.7 Å². The van der Waals surface area contributed by atoms with Crippen molar-refractivity contribution in [3.05, 3.63) is 23.9 Å². The van der Waals surface area contributed by atoms with Crippen molar-refractivity contribution in [3.8, 4) is 0 Å². The average Bonchev–Trinajstić information content (AvgIpc) is 2.59. The molecule has 1 saturated heterocycles. The molecular formula is C16H26N4O2. The van der Waals surface area contributed by atoms with Crippen LogP contribution in [0.1, 0.15) is 25.8 Å². The second kappa shape index (κ2) is 8.10. The fourth-order valence-electron chi connectivity index (χ4n) is 2.44. The zero-order valence-corrected chi connectivity index (χ0v) is 13.4. The van der Waals surface area contributed by atoms with Gasteiger partial charge in [-0.2, -0.15) is 0 Å². The molecule has 1 aliphatic heterocycles. The minimum absolute atomic E-state index is 0.105. The van der Waals surface area contributed by atoms with Crippen molar-refractivity contribution in [2.75, 3.05) is 31.2 Å². The topological polar surface area (TPSA) is 80.5 Å². The van der Waals surface area contributed by atoms with Crippen molar-refractivity contribution in [3.63, 3.8) is 0 Å². The number of nitrogens with one attached hydrogen (secondary N) is 1. The lowest BCUT2D eigenvalue weighted by Gasteiger charge is -2.29. The smallest absolute Gasteiger partial charge is 0.237 e. The third-order valence-corrected chi connectivity index (χ3v) is 4.19. The number of anilines is 1. The third-order valence-electron chi connectivity index (χ3n) is 4.19. The van der Waals surface area contributed by atoms with E-state index in [9.17, 15) is 4.79 Å². The highest BCUT2D eigenvalue weighted by atomic mass is 16.5. The Morgan fingerprint density at radius 1 is 1.50 bits per heavy atom. The van der Waals surface area contributed by atoms with Crippen molar-refractivity contribution in [1.82, 2.24) is 10.3 Å². The van der Waals surface area contributed by atoms with Gasteiger partial charge in [0.15, 0.2) is 0 Å². The maximum absolute atomic E-state index is 12.1. The van der Waals surface area contributed by atoms with Crippen LogP contribution in [0.25, 0.3) is 0 Å². The number of hydrogen-bond donors (Lipinski definition) is 2. The highest BCUT2D eigenvalue weighted by molar-refractivity contribution is 5.81. The third kappa shape index (κ3) is 4.18. The number of ether oxygens (including phenoxy) is 1. The van der Waals surface area contributed by atoms with Crippen LogP contribution in [0.4, 0.5) is 5.82 Å². The predicted molar refractivity (Wildman–Crippen MR) is 86.5 cm³/mol. The molecule has 0 saturated carbocycles. The zero-order chi connectivity index (χ0) is 15.9. The lowest BCUT2D eigenvalue weighted by molar-refractivity contribution is -0.123. The first-order chi connectivity index (χ1) is 10.6. The molecule has 1 fully saturated rings. The molecule has 2 unspecified atom stereocenters. The first-order valence-corrected chi connectivity index (χ1v) is 7.93. The van der Waals surface area contributed by atoms with Gasteiger partial charge in [-0.3, -0.25) is 4.79 Å². The van der Waals surface area contributed by atoms with Gasteiger partial charge >= 0.3 is 0 Å². The normalized spacial score (nSPS) is 17.9. The molecule has 2 rings (SSSR count). The van der Waals surface area contributed by atoms with E-state index in [4.69, 9.17) is 10.5 Å². The highest BCUT2D eigenvalue weighted by Gasteiger charge is 2.20. The molecule has 6 nitrogen and oxygen atoms in total. The van der Waals surface area contributed by atoms with Crippen LogP contribution < -0.4 is 16.0 Å². The second-order valence-corrected chi connectivity index (χ2v) is 5.71. The first-order valence-electron chi connectivity index (χ1n) is 7.93. The molecular weight excluding hydrogens is 280 g/mol. The molecule has 1 aliphatic rings. The Labute approximate surface area is 132 Å². The van der Waals surface area contributed by atoms with Gasteiger partial charge in [0.2, 0.25) is 5.91 Å². The van der Waals surface area contributed by atoms with E-state index in [0.29, 0.717) is 19.8 Å². The van der Waals surface area contributed by atoms with Gasteiger partial charge < -0.3 is 20.7 Å². The van der Waals surface area contributed by atoms with Crippen molar-refractivity contribution in [2.24, 2.45) is 11.7 Å². The lowest BCUT2D eigenvalue weighted by Crippen LogP contribution is -2.44. The summed E-state index contributed by atoms with van der Waals surface area (Å²) in [5.74, 6) is 0.988. The number of amides is 1. The molecule has 1 aromatic rings. The summed E-state index contributed by atoms with van der Waals surface area (Å²) in [6.07, 6.45) is 2.67. The number of aromatic nitrogens is 1. The molecule has 22 heavy (non-hydrogen) atoms. The Kier molecular flexibility index (Phi) is 6.15.